The zero-order valence-electron chi connectivity index (χ0n) is 13.2. The van der Waals surface area contributed by atoms with E-state index in [1.54, 1.807) is 6.08 Å². The lowest BCUT2D eigenvalue weighted by Gasteiger charge is -2.24. The molecule has 0 aromatic heterocycles. The fourth-order valence-electron chi connectivity index (χ4n) is 1.66. The Morgan fingerprint density at radius 1 is 0.944 bits per heavy atom. The maximum absolute atomic E-state index is 3.36. The first-order valence-corrected chi connectivity index (χ1v) is 7.02. The molecule has 0 N–H and O–H groups in total. The van der Waals surface area contributed by atoms with Gasteiger partial charge in [0.25, 0.3) is 0 Å². The molecule has 0 amide bonds. The molecule has 3 unspecified atom stereocenters. The highest BCUT2D eigenvalue weighted by molar-refractivity contribution is 4.99. The van der Waals surface area contributed by atoms with Crippen LogP contribution >= 0.6 is 0 Å². The molecule has 0 spiro atoms. The van der Waals surface area contributed by atoms with Crippen LogP contribution in [0.5, 0.6) is 0 Å². The third kappa shape index (κ3) is 13.0. The van der Waals surface area contributed by atoms with E-state index in [1.807, 2.05) is 45.1 Å². The van der Waals surface area contributed by atoms with Crippen molar-refractivity contribution in [1.82, 2.24) is 0 Å². The normalized spacial score (nSPS) is 26.2. The van der Waals surface area contributed by atoms with Crippen LogP contribution in [-0.2, 0) is 0 Å². The van der Waals surface area contributed by atoms with Crippen molar-refractivity contribution in [3.05, 3.63) is 49.1 Å². The topological polar surface area (TPSA) is 0 Å². The summed E-state index contributed by atoms with van der Waals surface area (Å²) in [7, 11) is 0. The highest BCUT2D eigenvalue weighted by Gasteiger charge is 2.15. The first-order chi connectivity index (χ1) is 8.53. The van der Waals surface area contributed by atoms with Gasteiger partial charge < -0.3 is 0 Å². The van der Waals surface area contributed by atoms with E-state index in [0.717, 1.165) is 17.8 Å². The lowest BCUT2D eigenvalue weighted by atomic mass is 9.82. The molecule has 0 saturated heterocycles. The molecule has 3 atom stereocenters. The molecule has 0 aromatic rings. The summed E-state index contributed by atoms with van der Waals surface area (Å²) in [5.41, 5.74) is 0. The Morgan fingerprint density at radius 2 is 1.39 bits per heavy atom. The van der Waals surface area contributed by atoms with Gasteiger partial charge in [-0.15, -0.1) is 6.58 Å². The molecule has 0 heterocycles. The third-order valence-electron chi connectivity index (χ3n) is 2.88. The fraction of sp³-hybridized carbons (Fsp3) is 0.556. The van der Waals surface area contributed by atoms with Gasteiger partial charge in [0.1, 0.15) is 0 Å². The van der Waals surface area contributed by atoms with Crippen molar-refractivity contribution in [2.75, 3.05) is 0 Å². The first kappa shape index (κ1) is 19.3. The number of hydrogen-bond donors (Lipinski definition) is 0. The molecule has 104 valence electrons. The summed E-state index contributed by atoms with van der Waals surface area (Å²) in [5, 5.41) is 0. The molecule has 0 bridgehead atoms. The predicted molar refractivity (Wildman–Crippen MR) is 86.7 cm³/mol. The van der Waals surface area contributed by atoms with E-state index >= 15 is 0 Å². The average molecular weight is 248 g/mol. The highest BCUT2D eigenvalue weighted by atomic mass is 14.2. The van der Waals surface area contributed by atoms with Gasteiger partial charge in [-0.2, -0.15) is 0 Å². The monoisotopic (exact) mass is 248 g/mol. The Balaban J connectivity index is 0. The van der Waals surface area contributed by atoms with Crippen LogP contribution in [0.4, 0.5) is 0 Å². The molecule has 1 aliphatic carbocycles. The highest BCUT2D eigenvalue weighted by Crippen LogP contribution is 2.26. The lowest BCUT2D eigenvalue weighted by molar-refractivity contribution is 0.364. The van der Waals surface area contributed by atoms with Crippen molar-refractivity contribution in [3.8, 4) is 0 Å². The maximum Gasteiger partial charge on any atom is -0.0236 e. The molecule has 0 aliphatic heterocycles. The summed E-state index contributed by atoms with van der Waals surface area (Å²) in [6.45, 7) is 16.2. The molecular weight excluding hydrogens is 216 g/mol. The minimum absolute atomic E-state index is 0.807. The van der Waals surface area contributed by atoms with Gasteiger partial charge in [-0.1, -0.05) is 63.3 Å². The van der Waals surface area contributed by atoms with Gasteiger partial charge in [0.15, 0.2) is 0 Å². The Bertz CT molecular complexity index is 245. The molecule has 0 saturated carbocycles. The van der Waals surface area contributed by atoms with E-state index < -0.39 is 0 Å². The molecule has 0 radical (unpaired) electrons. The molecule has 0 nitrogen and oxygen atoms in total. The molecule has 0 aromatic carbocycles. The zero-order valence-corrected chi connectivity index (χ0v) is 13.2. The Morgan fingerprint density at radius 3 is 1.67 bits per heavy atom. The van der Waals surface area contributed by atoms with E-state index in [1.165, 1.54) is 6.42 Å². The summed E-state index contributed by atoms with van der Waals surface area (Å²) >= 11 is 0. The second-order valence-electron chi connectivity index (χ2n) is 4.89. The SMILES string of the molecule is C/C=C/C=C/C.C=CC.CC1C=CC(C)C(C)C1. The average Bonchev–Trinajstić information content (AvgIpc) is 2.33. The van der Waals surface area contributed by atoms with Gasteiger partial charge in [-0.3, -0.25) is 0 Å². The summed E-state index contributed by atoms with van der Waals surface area (Å²) in [5.74, 6) is 2.52. The van der Waals surface area contributed by atoms with Gasteiger partial charge in [-0.25, -0.2) is 0 Å². The van der Waals surface area contributed by atoms with Crippen molar-refractivity contribution < 1.29 is 0 Å². The second-order valence-corrected chi connectivity index (χ2v) is 4.89. The molecule has 18 heavy (non-hydrogen) atoms. The maximum atomic E-state index is 3.36. The van der Waals surface area contributed by atoms with E-state index in [-0.39, 0.29) is 0 Å². The van der Waals surface area contributed by atoms with Crippen LogP contribution in [0.15, 0.2) is 49.1 Å². The number of hydrogen-bond acceptors (Lipinski definition) is 0. The predicted octanol–water partition coefficient (Wildman–Crippen LogP) is 6.19. The van der Waals surface area contributed by atoms with Crippen LogP contribution in [0, 0.1) is 17.8 Å². The third-order valence-corrected chi connectivity index (χ3v) is 2.88. The minimum atomic E-state index is 0.807. The van der Waals surface area contributed by atoms with Gasteiger partial charge in [0.05, 0.1) is 0 Å². The van der Waals surface area contributed by atoms with Crippen molar-refractivity contribution in [3.63, 3.8) is 0 Å². The Labute approximate surface area is 115 Å². The van der Waals surface area contributed by atoms with Crippen LogP contribution in [0.1, 0.15) is 48.0 Å². The molecule has 0 heteroatoms. The van der Waals surface area contributed by atoms with Gasteiger partial charge >= 0.3 is 0 Å². The molecular formula is C18H32. The quantitative estimate of drug-likeness (QED) is 0.383. The molecule has 1 rings (SSSR count). The minimum Gasteiger partial charge on any atom is -0.103 e. The largest absolute Gasteiger partial charge is 0.103 e. The first-order valence-electron chi connectivity index (χ1n) is 7.02. The van der Waals surface area contributed by atoms with E-state index in [4.69, 9.17) is 0 Å². The molecule has 1 aliphatic rings. The summed E-state index contributed by atoms with van der Waals surface area (Å²) in [6, 6.07) is 0. The van der Waals surface area contributed by atoms with Crippen molar-refractivity contribution >= 4 is 0 Å². The van der Waals surface area contributed by atoms with Crippen molar-refractivity contribution in [1.29, 1.82) is 0 Å². The van der Waals surface area contributed by atoms with Gasteiger partial charge in [-0.05, 0) is 44.9 Å². The van der Waals surface area contributed by atoms with E-state index in [9.17, 15) is 0 Å². The number of allylic oxidation sites excluding steroid dienone is 7. The van der Waals surface area contributed by atoms with Crippen LogP contribution in [0.2, 0.25) is 0 Å². The van der Waals surface area contributed by atoms with E-state index in [2.05, 4.69) is 39.5 Å². The van der Waals surface area contributed by atoms with Crippen LogP contribution < -0.4 is 0 Å². The van der Waals surface area contributed by atoms with Crippen LogP contribution in [0.3, 0.4) is 0 Å². The van der Waals surface area contributed by atoms with Crippen molar-refractivity contribution in [2.45, 2.75) is 48.0 Å². The molecule has 0 fully saturated rings. The van der Waals surface area contributed by atoms with Gasteiger partial charge in [0, 0.05) is 0 Å². The lowest BCUT2D eigenvalue weighted by Crippen LogP contribution is -2.13. The zero-order chi connectivity index (χ0) is 14.4. The van der Waals surface area contributed by atoms with Crippen LogP contribution in [0.25, 0.3) is 0 Å². The summed E-state index contributed by atoms with van der Waals surface area (Å²) in [4.78, 5) is 0. The fourth-order valence-corrected chi connectivity index (χ4v) is 1.66. The Kier molecular flexibility index (Phi) is 15.0. The summed E-state index contributed by atoms with van der Waals surface area (Å²) < 4.78 is 0. The Hall–Kier alpha value is -1.04. The standard InChI is InChI=1S/C9H16.C6H10.C3H6/c1-7-4-5-8(2)9(3)6-7;1-3-5-6-4-2;1-3-2/h4-5,7-9H,6H2,1-3H3;3-6H,1-2H3;3H,1H2,2H3/b;5-3+,6-4+;. The van der Waals surface area contributed by atoms with E-state index in [0.29, 0.717) is 0 Å². The second kappa shape index (κ2) is 14.0. The van der Waals surface area contributed by atoms with Gasteiger partial charge in [0.2, 0.25) is 0 Å². The van der Waals surface area contributed by atoms with Crippen molar-refractivity contribution in [2.24, 2.45) is 17.8 Å². The number of rotatable bonds is 1. The van der Waals surface area contributed by atoms with Crippen LogP contribution in [-0.4, -0.2) is 0 Å². The summed E-state index contributed by atoms with van der Waals surface area (Å²) in [6.07, 6.45) is 15.8. The smallest absolute Gasteiger partial charge is 0.0236 e.